The Morgan fingerprint density at radius 2 is 1.82 bits per heavy atom. The topological polar surface area (TPSA) is 61.5 Å². The molecule has 4 heteroatoms. The Morgan fingerprint density at radius 1 is 1.12 bits per heavy atom. The summed E-state index contributed by atoms with van der Waals surface area (Å²) in [6.07, 6.45) is 7.13. The lowest BCUT2D eigenvalue weighted by molar-refractivity contribution is -0.157. The van der Waals surface area contributed by atoms with Crippen molar-refractivity contribution in [1.82, 2.24) is 0 Å². The molecule has 2 aliphatic rings. The van der Waals surface area contributed by atoms with Crippen molar-refractivity contribution in [2.45, 2.75) is 63.2 Å². The average Bonchev–Trinajstić information content (AvgIpc) is 2.76. The number of esters is 1. The van der Waals surface area contributed by atoms with Gasteiger partial charge in [-0.2, -0.15) is 0 Å². The first-order valence-corrected chi connectivity index (χ1v) is 6.69. The van der Waals surface area contributed by atoms with Crippen molar-refractivity contribution in [3.8, 4) is 0 Å². The molecule has 4 unspecified atom stereocenters. The number of carbonyl (C=O) groups is 1. The van der Waals surface area contributed by atoms with Gasteiger partial charge in [0.05, 0.1) is 12.0 Å². The summed E-state index contributed by atoms with van der Waals surface area (Å²) in [4.78, 5) is 12.0. The van der Waals surface area contributed by atoms with Crippen molar-refractivity contribution in [3.63, 3.8) is 0 Å². The molecule has 0 heterocycles. The molecule has 0 saturated heterocycles. The van der Waals surface area contributed by atoms with Crippen LogP contribution in [0.15, 0.2) is 0 Å². The van der Waals surface area contributed by atoms with Crippen LogP contribution in [0.2, 0.25) is 0 Å². The number of rotatable bonds is 3. The van der Waals surface area contributed by atoms with Crippen molar-refractivity contribution in [1.29, 1.82) is 0 Å². The minimum absolute atomic E-state index is 0.00399. The van der Waals surface area contributed by atoms with Crippen molar-refractivity contribution in [2.75, 3.05) is 7.11 Å². The number of hydrogen-bond acceptors (Lipinski definition) is 4. The average molecular weight is 241 g/mol. The van der Waals surface area contributed by atoms with Gasteiger partial charge in [-0.3, -0.25) is 4.79 Å². The van der Waals surface area contributed by atoms with Gasteiger partial charge in [0, 0.05) is 19.6 Å². The van der Waals surface area contributed by atoms with Gasteiger partial charge < -0.3 is 15.2 Å². The summed E-state index contributed by atoms with van der Waals surface area (Å²) >= 11 is 0. The Labute approximate surface area is 103 Å². The van der Waals surface area contributed by atoms with Crippen LogP contribution in [-0.2, 0) is 14.3 Å². The van der Waals surface area contributed by atoms with E-state index < -0.39 is 0 Å². The van der Waals surface area contributed by atoms with Crippen LogP contribution in [0.5, 0.6) is 0 Å². The highest BCUT2D eigenvalue weighted by Gasteiger charge is 2.34. The van der Waals surface area contributed by atoms with Crippen molar-refractivity contribution in [2.24, 2.45) is 11.7 Å². The molecule has 2 N–H and O–H groups in total. The predicted octanol–water partition coefficient (Wildman–Crippen LogP) is 1.61. The maximum absolute atomic E-state index is 12.0. The van der Waals surface area contributed by atoms with E-state index in [0.29, 0.717) is 0 Å². The van der Waals surface area contributed by atoms with Gasteiger partial charge in [0.2, 0.25) is 0 Å². The lowest BCUT2D eigenvalue weighted by atomic mass is 9.94. The fourth-order valence-corrected chi connectivity index (χ4v) is 2.96. The van der Waals surface area contributed by atoms with Gasteiger partial charge in [-0.1, -0.05) is 6.42 Å². The zero-order valence-electron chi connectivity index (χ0n) is 10.6. The number of nitrogens with two attached hydrogens (primary N) is 1. The smallest absolute Gasteiger partial charge is 0.310 e. The molecule has 0 radical (unpaired) electrons. The third-order valence-electron chi connectivity index (χ3n) is 4.07. The predicted molar refractivity (Wildman–Crippen MR) is 64.5 cm³/mol. The molecular formula is C13H23NO3. The number of methoxy groups -OCH3 is 1. The third kappa shape index (κ3) is 3.19. The summed E-state index contributed by atoms with van der Waals surface area (Å²) in [5, 5.41) is 0. The maximum Gasteiger partial charge on any atom is 0.310 e. The number of hydrogen-bond donors (Lipinski definition) is 1. The highest BCUT2D eigenvalue weighted by molar-refractivity contribution is 5.73. The number of carbonyl (C=O) groups excluding carboxylic acids is 1. The quantitative estimate of drug-likeness (QED) is 0.763. The number of ether oxygens (including phenoxy) is 2. The van der Waals surface area contributed by atoms with Crippen LogP contribution >= 0.6 is 0 Å². The maximum atomic E-state index is 12.0. The molecule has 0 bridgehead atoms. The molecule has 0 spiro atoms. The summed E-state index contributed by atoms with van der Waals surface area (Å²) < 4.78 is 10.9. The minimum atomic E-state index is -0.0863. The first-order valence-electron chi connectivity index (χ1n) is 6.69. The SMILES string of the molecule is COC1CCCC(OC(=O)C2CCCC2N)C1. The molecule has 98 valence electrons. The van der Waals surface area contributed by atoms with Gasteiger partial charge in [0.1, 0.15) is 6.10 Å². The lowest BCUT2D eigenvalue weighted by Gasteiger charge is -2.29. The van der Waals surface area contributed by atoms with Gasteiger partial charge in [0.15, 0.2) is 0 Å². The molecule has 2 rings (SSSR count). The molecule has 4 atom stereocenters. The molecular weight excluding hydrogens is 218 g/mol. The second-order valence-corrected chi connectivity index (χ2v) is 5.28. The van der Waals surface area contributed by atoms with Gasteiger partial charge in [-0.15, -0.1) is 0 Å². The first kappa shape index (κ1) is 12.8. The van der Waals surface area contributed by atoms with E-state index in [4.69, 9.17) is 15.2 Å². The standard InChI is InChI=1S/C13H23NO3/c1-16-9-4-2-5-10(8-9)17-13(15)11-6-3-7-12(11)14/h9-12H,2-8,14H2,1H3. The van der Waals surface area contributed by atoms with E-state index in [2.05, 4.69) is 0 Å². The van der Waals surface area contributed by atoms with E-state index in [1.165, 1.54) is 0 Å². The van der Waals surface area contributed by atoms with Crippen LogP contribution in [0.4, 0.5) is 0 Å². The van der Waals surface area contributed by atoms with Gasteiger partial charge >= 0.3 is 5.97 Å². The Bertz CT molecular complexity index is 269. The molecule has 2 fully saturated rings. The monoisotopic (exact) mass is 241 g/mol. The van der Waals surface area contributed by atoms with E-state index in [1.54, 1.807) is 7.11 Å². The van der Waals surface area contributed by atoms with Gasteiger partial charge in [-0.25, -0.2) is 0 Å². The zero-order chi connectivity index (χ0) is 12.3. The summed E-state index contributed by atoms with van der Waals surface area (Å²) in [6.45, 7) is 0. The Morgan fingerprint density at radius 3 is 2.47 bits per heavy atom. The summed E-state index contributed by atoms with van der Waals surface area (Å²) in [5.41, 5.74) is 5.91. The highest BCUT2D eigenvalue weighted by atomic mass is 16.5. The Hall–Kier alpha value is -0.610. The minimum Gasteiger partial charge on any atom is -0.462 e. The molecule has 2 aliphatic carbocycles. The second-order valence-electron chi connectivity index (χ2n) is 5.28. The van der Waals surface area contributed by atoms with E-state index in [-0.39, 0.29) is 30.1 Å². The summed E-state index contributed by atoms with van der Waals surface area (Å²) in [6, 6.07) is 0.00399. The van der Waals surface area contributed by atoms with Crippen LogP contribution in [-0.4, -0.2) is 31.3 Å². The normalized spacial score (nSPS) is 38.0. The fraction of sp³-hybridized carbons (Fsp3) is 0.923. The summed E-state index contributed by atoms with van der Waals surface area (Å²) in [7, 11) is 1.72. The van der Waals surface area contributed by atoms with Crippen LogP contribution < -0.4 is 5.73 Å². The van der Waals surface area contributed by atoms with Crippen molar-refractivity contribution in [3.05, 3.63) is 0 Å². The lowest BCUT2D eigenvalue weighted by Crippen LogP contribution is -2.36. The molecule has 0 aromatic carbocycles. The van der Waals surface area contributed by atoms with Gasteiger partial charge in [-0.05, 0) is 32.1 Å². The third-order valence-corrected chi connectivity index (χ3v) is 4.07. The van der Waals surface area contributed by atoms with Crippen molar-refractivity contribution < 1.29 is 14.3 Å². The Kier molecular flexibility index (Phi) is 4.40. The molecule has 0 amide bonds. The zero-order valence-corrected chi connectivity index (χ0v) is 10.6. The van der Waals surface area contributed by atoms with E-state index in [1.807, 2.05) is 0 Å². The van der Waals surface area contributed by atoms with E-state index >= 15 is 0 Å². The van der Waals surface area contributed by atoms with Gasteiger partial charge in [0.25, 0.3) is 0 Å². The molecule has 0 aromatic rings. The molecule has 2 saturated carbocycles. The van der Waals surface area contributed by atoms with E-state index in [0.717, 1.165) is 44.9 Å². The van der Waals surface area contributed by atoms with Crippen LogP contribution in [0.25, 0.3) is 0 Å². The fourth-order valence-electron chi connectivity index (χ4n) is 2.96. The van der Waals surface area contributed by atoms with Crippen LogP contribution in [0, 0.1) is 5.92 Å². The largest absolute Gasteiger partial charge is 0.462 e. The Balaban J connectivity index is 1.81. The second kappa shape index (κ2) is 5.83. The summed E-state index contributed by atoms with van der Waals surface area (Å²) in [5.74, 6) is -0.158. The van der Waals surface area contributed by atoms with Crippen LogP contribution in [0.1, 0.15) is 44.9 Å². The van der Waals surface area contributed by atoms with Crippen molar-refractivity contribution >= 4 is 5.97 Å². The molecule has 4 nitrogen and oxygen atoms in total. The molecule has 17 heavy (non-hydrogen) atoms. The molecule has 0 aromatic heterocycles. The molecule has 0 aliphatic heterocycles. The van der Waals surface area contributed by atoms with Crippen LogP contribution in [0.3, 0.4) is 0 Å². The van der Waals surface area contributed by atoms with E-state index in [9.17, 15) is 4.79 Å². The first-order chi connectivity index (χ1) is 8.20. The highest BCUT2D eigenvalue weighted by Crippen LogP contribution is 2.28.